The Morgan fingerprint density at radius 3 is 2.61 bits per heavy atom. The third-order valence-electron chi connectivity index (χ3n) is 6.60. The van der Waals surface area contributed by atoms with E-state index in [1.165, 1.54) is 22.6 Å². The smallest absolute Gasteiger partial charge is 0.243 e. The number of pyridine rings is 3. The van der Waals surface area contributed by atoms with Crippen molar-refractivity contribution in [2.24, 2.45) is 0 Å². The molecule has 0 saturated carbocycles. The number of carbonyl (C=O) groups is 1. The molecule has 8 nitrogen and oxygen atoms in total. The fourth-order valence-electron chi connectivity index (χ4n) is 4.65. The molecule has 0 bridgehead atoms. The van der Waals surface area contributed by atoms with E-state index in [4.69, 9.17) is 0 Å². The third-order valence-corrected chi connectivity index (χ3v) is 8.44. The maximum absolute atomic E-state index is 13.6. The van der Waals surface area contributed by atoms with Gasteiger partial charge in [0.2, 0.25) is 15.8 Å². The summed E-state index contributed by atoms with van der Waals surface area (Å²) in [6.07, 6.45) is 5.48. The SMILES string of the molecule is O=C(c1cccc(S(=O)(=O)N2CCc3c(ccnc3Nc3cnc4ccccc4c3)C2)c1)c1ccccn1. The lowest BCUT2D eigenvalue weighted by Crippen LogP contribution is -2.36. The lowest BCUT2D eigenvalue weighted by molar-refractivity contribution is 0.103. The Labute approximate surface area is 220 Å². The van der Waals surface area contributed by atoms with Crippen LogP contribution in [0.1, 0.15) is 27.2 Å². The molecular formula is C29H23N5O3S. The molecule has 0 saturated heterocycles. The van der Waals surface area contributed by atoms with Crippen LogP contribution in [0, 0.1) is 0 Å². The first-order chi connectivity index (χ1) is 18.5. The third kappa shape index (κ3) is 4.53. The number of carbonyl (C=O) groups excluding carboxylic acids is 1. The molecule has 188 valence electrons. The molecule has 4 heterocycles. The minimum absolute atomic E-state index is 0.0809. The van der Waals surface area contributed by atoms with E-state index in [0.717, 1.165) is 27.7 Å². The van der Waals surface area contributed by atoms with Crippen LogP contribution in [0.4, 0.5) is 11.5 Å². The molecule has 1 N–H and O–H groups in total. The Kier molecular flexibility index (Phi) is 6.15. The molecular weight excluding hydrogens is 498 g/mol. The maximum atomic E-state index is 13.6. The summed E-state index contributed by atoms with van der Waals surface area (Å²) < 4.78 is 28.6. The van der Waals surface area contributed by atoms with Crippen molar-refractivity contribution in [3.05, 3.63) is 120 Å². The predicted octanol–water partition coefficient (Wildman–Crippen LogP) is 4.75. The summed E-state index contributed by atoms with van der Waals surface area (Å²) in [7, 11) is -3.83. The van der Waals surface area contributed by atoms with E-state index < -0.39 is 10.0 Å². The van der Waals surface area contributed by atoms with Crippen LogP contribution in [0.3, 0.4) is 0 Å². The molecule has 9 heteroatoms. The molecule has 3 aromatic heterocycles. The summed E-state index contributed by atoms with van der Waals surface area (Å²) in [6, 6.07) is 22.9. The Morgan fingerprint density at radius 1 is 0.868 bits per heavy atom. The van der Waals surface area contributed by atoms with Crippen LogP contribution >= 0.6 is 0 Å². The van der Waals surface area contributed by atoms with Gasteiger partial charge in [0.05, 0.1) is 22.3 Å². The van der Waals surface area contributed by atoms with Gasteiger partial charge >= 0.3 is 0 Å². The first kappa shape index (κ1) is 23.9. The first-order valence-electron chi connectivity index (χ1n) is 12.1. The Hall–Kier alpha value is -4.47. The number of nitrogens with zero attached hydrogens (tertiary/aromatic N) is 4. The number of hydrogen-bond donors (Lipinski definition) is 1. The van der Waals surface area contributed by atoms with E-state index in [2.05, 4.69) is 20.3 Å². The van der Waals surface area contributed by atoms with E-state index >= 15 is 0 Å². The standard InChI is InChI=1S/C29H23N5O3S/c35-28(27-10-3-4-13-30-27)21-7-5-8-24(17-21)38(36,37)34-15-12-25-22(19-34)11-14-31-29(25)33-23-16-20-6-1-2-9-26(20)32-18-23/h1-11,13-14,16-18H,12,15,19H2,(H,31,33). The number of rotatable bonds is 6. The summed E-state index contributed by atoms with van der Waals surface area (Å²) in [5.41, 5.74) is 4.13. The van der Waals surface area contributed by atoms with Crippen molar-refractivity contribution >= 4 is 38.2 Å². The Bertz CT molecular complexity index is 1770. The van der Waals surface area contributed by atoms with Crippen molar-refractivity contribution < 1.29 is 13.2 Å². The largest absolute Gasteiger partial charge is 0.339 e. The van der Waals surface area contributed by atoms with Gasteiger partial charge in [-0.05, 0) is 54.4 Å². The number of fused-ring (bicyclic) bond motifs is 2. The van der Waals surface area contributed by atoms with Gasteiger partial charge in [-0.1, -0.05) is 36.4 Å². The second-order valence-electron chi connectivity index (χ2n) is 9.00. The molecule has 6 rings (SSSR count). The van der Waals surface area contributed by atoms with Crippen LogP contribution in [0.2, 0.25) is 0 Å². The van der Waals surface area contributed by atoms with Crippen LogP contribution in [0.5, 0.6) is 0 Å². The summed E-state index contributed by atoms with van der Waals surface area (Å²) in [5.74, 6) is 0.371. The van der Waals surface area contributed by atoms with Gasteiger partial charge in [-0.3, -0.25) is 14.8 Å². The van der Waals surface area contributed by atoms with Gasteiger partial charge in [-0.2, -0.15) is 4.31 Å². The van der Waals surface area contributed by atoms with Crippen LogP contribution in [0.25, 0.3) is 10.9 Å². The number of anilines is 2. The highest BCUT2D eigenvalue weighted by Crippen LogP contribution is 2.30. The van der Waals surface area contributed by atoms with Gasteiger partial charge in [-0.25, -0.2) is 13.4 Å². The summed E-state index contributed by atoms with van der Waals surface area (Å²) >= 11 is 0. The molecule has 0 amide bonds. The van der Waals surface area contributed by atoms with Gasteiger partial charge in [0.25, 0.3) is 0 Å². The number of sulfonamides is 1. The molecule has 5 aromatic rings. The van der Waals surface area contributed by atoms with Crippen molar-refractivity contribution in [3.8, 4) is 0 Å². The molecule has 2 aromatic carbocycles. The molecule has 0 spiro atoms. The normalized spacial score (nSPS) is 13.7. The van der Waals surface area contributed by atoms with E-state index in [-0.39, 0.29) is 28.5 Å². The van der Waals surface area contributed by atoms with Crippen LogP contribution in [-0.2, 0) is 23.0 Å². The summed E-state index contributed by atoms with van der Waals surface area (Å²) in [5, 5.41) is 4.38. The van der Waals surface area contributed by atoms with Crippen molar-refractivity contribution in [3.63, 3.8) is 0 Å². The van der Waals surface area contributed by atoms with E-state index in [9.17, 15) is 13.2 Å². The van der Waals surface area contributed by atoms with Crippen molar-refractivity contribution in [1.82, 2.24) is 19.3 Å². The fourth-order valence-corrected chi connectivity index (χ4v) is 6.11. The van der Waals surface area contributed by atoms with Gasteiger partial charge in [0.15, 0.2) is 0 Å². The summed E-state index contributed by atoms with van der Waals surface area (Å²) in [4.78, 5) is 26.0. The van der Waals surface area contributed by atoms with Crippen molar-refractivity contribution in [2.75, 3.05) is 11.9 Å². The Balaban J connectivity index is 1.25. The van der Waals surface area contributed by atoms with E-state index in [1.807, 2.05) is 36.4 Å². The fraction of sp³-hybridized carbons (Fsp3) is 0.103. The number of para-hydroxylation sites is 1. The van der Waals surface area contributed by atoms with Gasteiger partial charge in [0.1, 0.15) is 11.5 Å². The minimum Gasteiger partial charge on any atom is -0.339 e. The topological polar surface area (TPSA) is 105 Å². The second kappa shape index (κ2) is 9.77. The zero-order chi connectivity index (χ0) is 26.1. The van der Waals surface area contributed by atoms with Gasteiger partial charge < -0.3 is 5.32 Å². The Morgan fingerprint density at radius 2 is 1.74 bits per heavy atom. The highest BCUT2D eigenvalue weighted by molar-refractivity contribution is 7.89. The highest BCUT2D eigenvalue weighted by atomic mass is 32.2. The molecule has 38 heavy (non-hydrogen) atoms. The molecule has 0 aliphatic carbocycles. The van der Waals surface area contributed by atoms with Crippen molar-refractivity contribution in [1.29, 1.82) is 0 Å². The number of ketones is 1. The molecule has 1 aliphatic rings. The number of hydrogen-bond acceptors (Lipinski definition) is 7. The van der Waals surface area contributed by atoms with Crippen LogP contribution in [0.15, 0.2) is 102 Å². The average Bonchev–Trinajstić information content (AvgIpc) is 2.97. The van der Waals surface area contributed by atoms with Gasteiger partial charge in [-0.15, -0.1) is 0 Å². The number of nitrogens with one attached hydrogen (secondary N) is 1. The number of benzene rings is 2. The molecule has 0 unspecified atom stereocenters. The molecule has 0 atom stereocenters. The second-order valence-corrected chi connectivity index (χ2v) is 10.9. The van der Waals surface area contributed by atoms with Gasteiger partial charge in [0, 0.05) is 42.0 Å². The number of aromatic nitrogens is 3. The molecule has 0 fully saturated rings. The maximum Gasteiger partial charge on any atom is 0.243 e. The zero-order valence-electron chi connectivity index (χ0n) is 20.3. The minimum atomic E-state index is -3.83. The lowest BCUT2D eigenvalue weighted by atomic mass is 10.0. The van der Waals surface area contributed by atoms with Crippen molar-refractivity contribution in [2.45, 2.75) is 17.9 Å². The zero-order valence-corrected chi connectivity index (χ0v) is 21.1. The van der Waals surface area contributed by atoms with E-state index in [1.54, 1.807) is 42.7 Å². The van der Waals surface area contributed by atoms with Crippen LogP contribution < -0.4 is 5.32 Å². The lowest BCUT2D eigenvalue weighted by Gasteiger charge is -2.29. The monoisotopic (exact) mass is 521 g/mol. The van der Waals surface area contributed by atoms with E-state index in [0.29, 0.717) is 18.8 Å². The predicted molar refractivity (Wildman–Crippen MR) is 145 cm³/mol. The highest BCUT2D eigenvalue weighted by Gasteiger charge is 2.30. The summed E-state index contributed by atoms with van der Waals surface area (Å²) in [6.45, 7) is 0.507. The average molecular weight is 522 g/mol. The first-order valence-corrected chi connectivity index (χ1v) is 13.6. The molecule has 0 radical (unpaired) electrons. The quantitative estimate of drug-likeness (QED) is 0.322. The van der Waals surface area contributed by atoms with Crippen LogP contribution in [-0.4, -0.2) is 40.0 Å². The molecule has 1 aliphatic heterocycles.